The van der Waals surface area contributed by atoms with E-state index in [1.807, 2.05) is 34.6 Å². The van der Waals surface area contributed by atoms with Crippen LogP contribution in [0.15, 0.2) is 29.2 Å². The number of nitrogens with zero attached hydrogens (tertiary/aromatic N) is 1. The number of rotatable bonds is 9. The highest BCUT2D eigenvalue weighted by atomic mass is 35.5. The molecule has 2 rings (SSSR count). The second-order valence-electron chi connectivity index (χ2n) is 9.39. The van der Waals surface area contributed by atoms with Crippen LogP contribution in [0.4, 0.5) is 0 Å². The van der Waals surface area contributed by atoms with Crippen molar-refractivity contribution in [1.29, 1.82) is 0 Å². The lowest BCUT2D eigenvalue weighted by atomic mass is 9.98. The van der Waals surface area contributed by atoms with E-state index in [4.69, 9.17) is 16.3 Å². The fraction of sp³-hybridized carbons (Fsp3) is 0.636. The molecule has 32 heavy (non-hydrogen) atoms. The maximum absolute atomic E-state index is 13.2. The van der Waals surface area contributed by atoms with Crippen LogP contribution in [-0.2, 0) is 24.3 Å². The maximum atomic E-state index is 13.2. The van der Waals surface area contributed by atoms with Crippen LogP contribution in [0.25, 0.3) is 0 Å². The molecule has 0 aromatic heterocycles. The lowest BCUT2D eigenvalue weighted by molar-refractivity contribution is -0.143. The Labute approximate surface area is 196 Å². The molecule has 1 saturated heterocycles. The van der Waals surface area contributed by atoms with E-state index in [0.29, 0.717) is 11.6 Å². The van der Waals surface area contributed by atoms with Crippen LogP contribution in [0.2, 0.25) is 5.02 Å². The number of benzene rings is 1. The van der Waals surface area contributed by atoms with E-state index in [2.05, 4.69) is 10.0 Å². The molecule has 1 aromatic rings. The molecule has 1 aromatic carbocycles. The smallest absolute Gasteiger partial charge is 0.243 e. The lowest BCUT2D eigenvalue weighted by Crippen LogP contribution is -2.58. The molecule has 0 saturated carbocycles. The monoisotopic (exact) mass is 487 g/mol. The van der Waals surface area contributed by atoms with E-state index in [0.717, 1.165) is 12.8 Å². The maximum Gasteiger partial charge on any atom is 0.243 e. The molecule has 1 aliphatic rings. The zero-order chi connectivity index (χ0) is 24.1. The Hall–Kier alpha value is -1.68. The third-order valence-electron chi connectivity index (χ3n) is 5.02. The highest BCUT2D eigenvalue weighted by Gasteiger charge is 2.36. The van der Waals surface area contributed by atoms with Gasteiger partial charge in [0.15, 0.2) is 0 Å². The Morgan fingerprint density at radius 1 is 1.22 bits per heavy atom. The van der Waals surface area contributed by atoms with E-state index in [1.165, 1.54) is 29.2 Å². The number of amides is 2. The van der Waals surface area contributed by atoms with Gasteiger partial charge in [0, 0.05) is 23.7 Å². The summed E-state index contributed by atoms with van der Waals surface area (Å²) >= 11 is 5.83. The molecule has 180 valence electrons. The molecule has 0 unspecified atom stereocenters. The number of nitrogens with one attached hydrogen (secondary N) is 2. The Kier molecular flexibility index (Phi) is 9.10. The molecule has 2 atom stereocenters. The molecule has 2 N–H and O–H groups in total. The third-order valence-corrected chi connectivity index (χ3v) is 6.69. The SMILES string of the molecule is CC(C)[C@@H](C(=O)NC(C)(C)C)N(C[C@H]1CCCO1)C(=O)CNS(=O)(=O)c1ccc(Cl)cc1. The molecular weight excluding hydrogens is 454 g/mol. The lowest BCUT2D eigenvalue weighted by Gasteiger charge is -2.36. The summed E-state index contributed by atoms with van der Waals surface area (Å²) in [5.74, 6) is -0.948. The Morgan fingerprint density at radius 2 is 1.84 bits per heavy atom. The van der Waals surface area contributed by atoms with Gasteiger partial charge in [0.1, 0.15) is 6.04 Å². The predicted octanol–water partition coefficient (Wildman–Crippen LogP) is 2.57. The van der Waals surface area contributed by atoms with Gasteiger partial charge < -0.3 is 15.0 Å². The average molecular weight is 488 g/mol. The largest absolute Gasteiger partial charge is 0.376 e. The first-order valence-corrected chi connectivity index (χ1v) is 12.6. The Bertz CT molecular complexity index is 891. The summed E-state index contributed by atoms with van der Waals surface area (Å²) < 4.78 is 33.3. The molecule has 0 radical (unpaired) electrons. The van der Waals surface area contributed by atoms with Gasteiger partial charge in [-0.25, -0.2) is 13.1 Å². The summed E-state index contributed by atoms with van der Waals surface area (Å²) in [5, 5.41) is 3.35. The second kappa shape index (κ2) is 11.0. The van der Waals surface area contributed by atoms with Crippen LogP contribution in [0.3, 0.4) is 0 Å². The first kappa shape index (κ1) is 26.6. The van der Waals surface area contributed by atoms with E-state index < -0.39 is 34.1 Å². The number of hydrogen-bond acceptors (Lipinski definition) is 5. The van der Waals surface area contributed by atoms with Gasteiger partial charge in [0.2, 0.25) is 21.8 Å². The number of carbonyl (C=O) groups excluding carboxylic acids is 2. The number of hydrogen-bond donors (Lipinski definition) is 2. The van der Waals surface area contributed by atoms with Gasteiger partial charge in [-0.3, -0.25) is 9.59 Å². The fourth-order valence-electron chi connectivity index (χ4n) is 3.58. The summed E-state index contributed by atoms with van der Waals surface area (Å²) in [4.78, 5) is 27.8. The van der Waals surface area contributed by atoms with Gasteiger partial charge in [0.25, 0.3) is 0 Å². The standard InChI is InChI=1S/C22H34ClN3O5S/c1-15(2)20(21(28)25-22(3,4)5)26(14-17-7-6-12-31-17)19(27)13-24-32(29,30)18-10-8-16(23)9-11-18/h8-11,15,17,20,24H,6-7,12-14H2,1-5H3,(H,25,28)/t17-,20+/m1/s1. The molecule has 0 aliphatic carbocycles. The van der Waals surface area contributed by atoms with Crippen LogP contribution in [0.5, 0.6) is 0 Å². The summed E-state index contributed by atoms with van der Waals surface area (Å²) in [6, 6.07) is 4.91. The van der Waals surface area contributed by atoms with Crippen molar-refractivity contribution in [3.05, 3.63) is 29.3 Å². The van der Waals surface area contributed by atoms with Gasteiger partial charge in [-0.15, -0.1) is 0 Å². The van der Waals surface area contributed by atoms with E-state index in [1.54, 1.807) is 0 Å². The van der Waals surface area contributed by atoms with Crippen molar-refractivity contribution in [2.24, 2.45) is 5.92 Å². The summed E-state index contributed by atoms with van der Waals surface area (Å²) in [7, 11) is -3.92. The van der Waals surface area contributed by atoms with Crippen LogP contribution in [0.1, 0.15) is 47.5 Å². The van der Waals surface area contributed by atoms with Crippen molar-refractivity contribution in [2.75, 3.05) is 19.7 Å². The van der Waals surface area contributed by atoms with Crippen molar-refractivity contribution in [3.63, 3.8) is 0 Å². The van der Waals surface area contributed by atoms with Gasteiger partial charge in [-0.05, 0) is 63.8 Å². The molecule has 10 heteroatoms. The first-order valence-electron chi connectivity index (χ1n) is 10.8. The van der Waals surface area contributed by atoms with Crippen molar-refractivity contribution in [1.82, 2.24) is 14.9 Å². The number of halogens is 1. The van der Waals surface area contributed by atoms with Crippen molar-refractivity contribution in [2.45, 2.75) is 70.0 Å². The molecule has 1 heterocycles. The van der Waals surface area contributed by atoms with Crippen molar-refractivity contribution < 1.29 is 22.7 Å². The van der Waals surface area contributed by atoms with E-state index >= 15 is 0 Å². The Balaban J connectivity index is 2.22. The normalized spacial score (nSPS) is 17.9. The summed E-state index contributed by atoms with van der Waals surface area (Å²) in [6.07, 6.45) is 1.48. The van der Waals surface area contributed by atoms with Gasteiger partial charge in [-0.1, -0.05) is 25.4 Å². The van der Waals surface area contributed by atoms with Crippen LogP contribution in [0, 0.1) is 5.92 Å². The minimum Gasteiger partial charge on any atom is -0.376 e. The molecule has 8 nitrogen and oxygen atoms in total. The predicted molar refractivity (Wildman–Crippen MR) is 124 cm³/mol. The minimum atomic E-state index is -3.92. The second-order valence-corrected chi connectivity index (χ2v) is 11.6. The van der Waals surface area contributed by atoms with E-state index in [-0.39, 0.29) is 29.4 Å². The van der Waals surface area contributed by atoms with E-state index in [9.17, 15) is 18.0 Å². The third kappa shape index (κ3) is 7.72. The van der Waals surface area contributed by atoms with Crippen molar-refractivity contribution >= 4 is 33.4 Å². The molecule has 1 fully saturated rings. The molecule has 1 aliphatic heterocycles. The highest BCUT2D eigenvalue weighted by molar-refractivity contribution is 7.89. The molecule has 0 spiro atoms. The van der Waals surface area contributed by atoms with Crippen LogP contribution >= 0.6 is 11.6 Å². The zero-order valence-corrected chi connectivity index (χ0v) is 20.9. The summed E-state index contributed by atoms with van der Waals surface area (Å²) in [6.45, 7) is 9.70. The number of sulfonamides is 1. The molecular formula is C22H34ClN3O5S. The van der Waals surface area contributed by atoms with Gasteiger partial charge in [-0.2, -0.15) is 0 Å². The quantitative estimate of drug-likeness (QED) is 0.557. The Morgan fingerprint density at radius 3 is 2.34 bits per heavy atom. The van der Waals surface area contributed by atoms with Crippen LogP contribution in [-0.4, -0.2) is 62.5 Å². The average Bonchev–Trinajstić information content (AvgIpc) is 3.17. The minimum absolute atomic E-state index is 0.00580. The number of ether oxygens (including phenoxy) is 1. The first-order chi connectivity index (χ1) is 14.8. The fourth-order valence-corrected chi connectivity index (χ4v) is 4.68. The van der Waals surface area contributed by atoms with Crippen LogP contribution < -0.4 is 10.0 Å². The topological polar surface area (TPSA) is 105 Å². The summed E-state index contributed by atoms with van der Waals surface area (Å²) in [5.41, 5.74) is -0.473. The highest BCUT2D eigenvalue weighted by Crippen LogP contribution is 2.20. The van der Waals surface area contributed by atoms with Gasteiger partial charge >= 0.3 is 0 Å². The molecule has 2 amide bonds. The molecule has 0 bridgehead atoms. The van der Waals surface area contributed by atoms with Crippen molar-refractivity contribution in [3.8, 4) is 0 Å². The number of carbonyl (C=O) groups is 2. The van der Waals surface area contributed by atoms with Gasteiger partial charge in [0.05, 0.1) is 17.5 Å². The zero-order valence-electron chi connectivity index (χ0n) is 19.4.